The van der Waals surface area contributed by atoms with Crippen LogP contribution in [0.1, 0.15) is 24.2 Å². The van der Waals surface area contributed by atoms with E-state index >= 15 is 0 Å². The molecular formula is C30H36N4O7S. The average Bonchev–Trinajstić information content (AvgIpc) is 2.99. The third-order valence-corrected chi connectivity index (χ3v) is 9.01. The van der Waals surface area contributed by atoms with Crippen molar-refractivity contribution in [2.24, 2.45) is 5.92 Å². The molecule has 3 N–H and O–H groups in total. The number of nitrogens with one attached hydrogen (secondary N) is 2. The van der Waals surface area contributed by atoms with Crippen molar-refractivity contribution < 1.29 is 32.6 Å². The van der Waals surface area contributed by atoms with Crippen molar-refractivity contribution in [1.29, 1.82) is 0 Å². The van der Waals surface area contributed by atoms with Crippen molar-refractivity contribution in [3.8, 4) is 11.5 Å². The molecule has 12 heteroatoms. The number of sulfonamides is 1. The number of methoxy groups -OCH3 is 1. The Kier molecular flexibility index (Phi) is 9.71. The molecule has 3 amide bonds. The lowest BCUT2D eigenvalue weighted by atomic mass is 9.99. The summed E-state index contributed by atoms with van der Waals surface area (Å²) in [6.45, 7) is 3.52. The quantitative estimate of drug-likeness (QED) is 0.341. The maximum Gasteiger partial charge on any atom is 0.323 e. The van der Waals surface area contributed by atoms with Gasteiger partial charge in [-0.05, 0) is 55.5 Å². The Morgan fingerprint density at radius 2 is 1.79 bits per heavy atom. The van der Waals surface area contributed by atoms with Crippen molar-refractivity contribution in [2.45, 2.75) is 30.9 Å². The molecular weight excluding hydrogens is 560 g/mol. The molecule has 0 spiro atoms. The third kappa shape index (κ3) is 6.84. The lowest BCUT2D eigenvalue weighted by Gasteiger charge is -2.38. The van der Waals surface area contributed by atoms with Crippen LogP contribution in [-0.4, -0.2) is 80.7 Å². The molecule has 0 fully saturated rings. The minimum Gasteiger partial charge on any atom is -0.497 e. The number of nitrogens with zero attached hydrogens (tertiary/aromatic N) is 2. The molecule has 11 nitrogen and oxygen atoms in total. The van der Waals surface area contributed by atoms with Gasteiger partial charge >= 0.3 is 6.03 Å². The summed E-state index contributed by atoms with van der Waals surface area (Å²) in [5.74, 6) is 0.0370. The summed E-state index contributed by atoms with van der Waals surface area (Å²) in [5.41, 5.74) is 0.936. The van der Waals surface area contributed by atoms with E-state index in [1.54, 1.807) is 79.6 Å². The van der Waals surface area contributed by atoms with E-state index in [-0.39, 0.29) is 53.4 Å². The van der Waals surface area contributed by atoms with Crippen LogP contribution in [0.2, 0.25) is 0 Å². The molecule has 0 radical (unpaired) electrons. The number of urea groups is 1. The van der Waals surface area contributed by atoms with Gasteiger partial charge in [0.2, 0.25) is 10.0 Å². The zero-order chi connectivity index (χ0) is 30.4. The van der Waals surface area contributed by atoms with E-state index in [0.29, 0.717) is 11.4 Å². The first-order chi connectivity index (χ1) is 20.0. The van der Waals surface area contributed by atoms with Crippen LogP contribution in [0.3, 0.4) is 0 Å². The molecule has 0 saturated heterocycles. The van der Waals surface area contributed by atoms with Gasteiger partial charge in [-0.25, -0.2) is 13.2 Å². The fraction of sp³-hybridized carbons (Fsp3) is 0.333. The number of ether oxygens (including phenoxy) is 2. The van der Waals surface area contributed by atoms with E-state index < -0.39 is 28.2 Å². The Balaban J connectivity index is 1.67. The van der Waals surface area contributed by atoms with Gasteiger partial charge in [0.15, 0.2) is 5.75 Å². The number of benzene rings is 3. The van der Waals surface area contributed by atoms with Crippen molar-refractivity contribution in [3.63, 3.8) is 0 Å². The van der Waals surface area contributed by atoms with Crippen LogP contribution < -0.4 is 20.1 Å². The van der Waals surface area contributed by atoms with Gasteiger partial charge in [0, 0.05) is 25.2 Å². The zero-order valence-corrected chi connectivity index (χ0v) is 24.8. The Hall–Kier alpha value is -4.13. The number of aliphatic hydroxyl groups excluding tert-OH is 1. The maximum atomic E-state index is 13.7. The van der Waals surface area contributed by atoms with Crippen LogP contribution in [0.25, 0.3) is 0 Å². The number of anilines is 2. The molecule has 42 heavy (non-hydrogen) atoms. The Morgan fingerprint density at radius 1 is 1.10 bits per heavy atom. The molecule has 3 aromatic carbocycles. The van der Waals surface area contributed by atoms with Gasteiger partial charge in [-0.3, -0.25) is 4.79 Å². The number of rotatable bonds is 9. The molecule has 1 heterocycles. The first-order valence-corrected chi connectivity index (χ1v) is 14.9. The zero-order valence-electron chi connectivity index (χ0n) is 24.0. The molecule has 4 rings (SSSR count). The number of carbonyl (C=O) groups is 2. The lowest BCUT2D eigenvalue weighted by molar-refractivity contribution is 0.0389. The highest BCUT2D eigenvalue weighted by Gasteiger charge is 2.36. The Morgan fingerprint density at radius 3 is 2.43 bits per heavy atom. The molecule has 3 aromatic rings. The highest BCUT2D eigenvalue weighted by molar-refractivity contribution is 7.89. The first kappa shape index (κ1) is 30.8. The van der Waals surface area contributed by atoms with E-state index in [1.165, 1.54) is 23.5 Å². The second-order valence-electron chi connectivity index (χ2n) is 10.2. The lowest BCUT2D eigenvalue weighted by Crippen LogP contribution is -2.50. The highest BCUT2D eigenvalue weighted by Crippen LogP contribution is 2.35. The number of aliphatic hydroxyl groups is 1. The molecule has 0 saturated carbocycles. The van der Waals surface area contributed by atoms with E-state index in [0.717, 1.165) is 0 Å². The molecule has 0 aromatic heterocycles. The summed E-state index contributed by atoms with van der Waals surface area (Å²) in [6, 6.07) is 18.6. The number of para-hydroxylation sites is 1. The molecule has 224 valence electrons. The number of hydrogen-bond acceptors (Lipinski definition) is 7. The van der Waals surface area contributed by atoms with Gasteiger partial charge in [0.05, 0.1) is 42.4 Å². The SMILES string of the molecule is COc1ccc(NC(=O)Nc2cccc3c2OC(CN(C)S(=O)(=O)c2ccccc2)C(C)CN(C(C)CO)C3=O)cc1. The molecule has 0 bridgehead atoms. The summed E-state index contributed by atoms with van der Waals surface area (Å²) < 4.78 is 39.4. The summed E-state index contributed by atoms with van der Waals surface area (Å²) in [5, 5.41) is 15.4. The minimum atomic E-state index is -3.83. The summed E-state index contributed by atoms with van der Waals surface area (Å²) >= 11 is 0. The van der Waals surface area contributed by atoms with Crippen LogP contribution in [0.4, 0.5) is 16.2 Å². The molecule has 3 unspecified atom stereocenters. The van der Waals surface area contributed by atoms with Gasteiger partial charge in [0.1, 0.15) is 11.9 Å². The van der Waals surface area contributed by atoms with Crippen molar-refractivity contribution >= 4 is 33.3 Å². The van der Waals surface area contributed by atoms with E-state index in [9.17, 15) is 23.1 Å². The van der Waals surface area contributed by atoms with Crippen LogP contribution >= 0.6 is 0 Å². The predicted molar refractivity (Wildman–Crippen MR) is 159 cm³/mol. The normalized spacial score (nSPS) is 17.9. The summed E-state index contributed by atoms with van der Waals surface area (Å²) in [6.07, 6.45) is -0.707. The fourth-order valence-corrected chi connectivity index (χ4v) is 5.85. The monoisotopic (exact) mass is 596 g/mol. The summed E-state index contributed by atoms with van der Waals surface area (Å²) in [4.78, 5) is 28.3. The smallest absolute Gasteiger partial charge is 0.323 e. The number of carbonyl (C=O) groups excluding carboxylic acids is 2. The fourth-order valence-electron chi connectivity index (χ4n) is 4.64. The molecule has 0 aliphatic carbocycles. The maximum absolute atomic E-state index is 13.7. The van der Waals surface area contributed by atoms with Crippen molar-refractivity contribution in [2.75, 3.05) is 44.5 Å². The number of hydrogen-bond donors (Lipinski definition) is 3. The Labute approximate surface area is 246 Å². The average molecular weight is 597 g/mol. The molecule has 1 aliphatic heterocycles. The topological polar surface area (TPSA) is 138 Å². The standard InChI is InChI=1S/C30H36N4O7S/c1-20-17-34(21(2)19-35)29(36)25-11-8-12-26(32-30(37)31-22-13-15-23(40-4)16-14-22)28(25)41-27(20)18-33(3)42(38,39)24-9-6-5-7-10-24/h5-16,20-21,27,35H,17-19H2,1-4H3,(H2,31,32,37). The largest absolute Gasteiger partial charge is 0.497 e. The van der Waals surface area contributed by atoms with Crippen LogP contribution in [0.15, 0.2) is 77.7 Å². The van der Waals surface area contributed by atoms with E-state index in [4.69, 9.17) is 9.47 Å². The second-order valence-corrected chi connectivity index (χ2v) is 12.3. The second kappa shape index (κ2) is 13.2. The van der Waals surface area contributed by atoms with E-state index in [1.807, 2.05) is 6.92 Å². The summed E-state index contributed by atoms with van der Waals surface area (Å²) in [7, 11) is -0.807. The van der Waals surface area contributed by atoms with Crippen LogP contribution in [-0.2, 0) is 10.0 Å². The number of likely N-dealkylation sites (N-methyl/N-ethyl adjacent to an activating group) is 1. The first-order valence-electron chi connectivity index (χ1n) is 13.5. The minimum absolute atomic E-state index is 0.0280. The number of fused-ring (bicyclic) bond motifs is 1. The molecule has 1 aliphatic rings. The number of amides is 3. The van der Waals surface area contributed by atoms with Gasteiger partial charge < -0.3 is 30.1 Å². The van der Waals surface area contributed by atoms with Gasteiger partial charge in [-0.2, -0.15) is 4.31 Å². The van der Waals surface area contributed by atoms with Crippen LogP contribution in [0, 0.1) is 5.92 Å². The predicted octanol–water partition coefficient (Wildman–Crippen LogP) is 3.88. The Bertz CT molecular complexity index is 1500. The van der Waals surface area contributed by atoms with Crippen molar-refractivity contribution in [1.82, 2.24) is 9.21 Å². The van der Waals surface area contributed by atoms with Gasteiger partial charge in [-0.15, -0.1) is 0 Å². The van der Waals surface area contributed by atoms with Gasteiger partial charge in [-0.1, -0.05) is 31.2 Å². The van der Waals surface area contributed by atoms with Crippen molar-refractivity contribution in [3.05, 3.63) is 78.4 Å². The van der Waals surface area contributed by atoms with Crippen LogP contribution in [0.5, 0.6) is 11.5 Å². The van der Waals surface area contributed by atoms with E-state index in [2.05, 4.69) is 10.6 Å². The molecule has 3 atom stereocenters. The third-order valence-electron chi connectivity index (χ3n) is 7.18. The van der Waals surface area contributed by atoms with Gasteiger partial charge in [0.25, 0.3) is 5.91 Å². The highest BCUT2D eigenvalue weighted by atomic mass is 32.2.